The Hall–Kier alpha value is -2.24. The predicted octanol–water partition coefficient (Wildman–Crippen LogP) is 2.91. The molecule has 0 amide bonds. The van der Waals surface area contributed by atoms with Crippen LogP contribution in [0.5, 0.6) is 5.88 Å². The van der Waals surface area contributed by atoms with E-state index < -0.39 is 11.9 Å². The van der Waals surface area contributed by atoms with Gasteiger partial charge < -0.3 is 10.1 Å². The zero-order valence-electron chi connectivity index (χ0n) is 11.7. The molecule has 0 aliphatic carbocycles. The van der Waals surface area contributed by atoms with E-state index >= 15 is 0 Å². The van der Waals surface area contributed by atoms with Crippen LogP contribution in [-0.4, -0.2) is 21.5 Å². The lowest BCUT2D eigenvalue weighted by atomic mass is 10.00. The van der Waals surface area contributed by atoms with Crippen LogP contribution in [0.15, 0.2) is 36.5 Å². The van der Waals surface area contributed by atoms with Crippen LogP contribution in [0.25, 0.3) is 0 Å². The Bertz CT molecular complexity index is 560. The fraction of sp³-hybridized carbons (Fsp3) is 0.357. The summed E-state index contributed by atoms with van der Waals surface area (Å²) in [6, 6.07) is 8.86. The minimum Gasteiger partial charge on any atom is -0.444 e. The highest BCUT2D eigenvalue weighted by atomic mass is 19.1. The topological polar surface area (TPSA) is 59.9 Å². The van der Waals surface area contributed by atoms with Crippen LogP contribution in [0.1, 0.15) is 26.5 Å². The summed E-state index contributed by atoms with van der Waals surface area (Å²) in [5.74, 6) is 0.899. The van der Waals surface area contributed by atoms with Crippen LogP contribution in [0, 0.1) is 0 Å². The van der Waals surface area contributed by atoms with Gasteiger partial charge in [0.05, 0.1) is 11.2 Å². The average molecular weight is 276 g/mol. The highest BCUT2D eigenvalue weighted by Crippen LogP contribution is 2.24. The quantitative estimate of drug-likeness (QED) is 0.909. The summed E-state index contributed by atoms with van der Waals surface area (Å²) in [4.78, 5) is 4.31. The summed E-state index contributed by atoms with van der Waals surface area (Å²) in [6.45, 7) is 5.22. The van der Waals surface area contributed by atoms with Gasteiger partial charge in [0.1, 0.15) is 5.82 Å². The molecule has 0 saturated carbocycles. The minimum absolute atomic E-state index is 0.256. The van der Waals surface area contributed by atoms with Gasteiger partial charge in [-0.2, -0.15) is 5.10 Å². The van der Waals surface area contributed by atoms with E-state index in [4.69, 9.17) is 4.74 Å². The summed E-state index contributed by atoms with van der Waals surface area (Å²) >= 11 is 0. The van der Waals surface area contributed by atoms with Crippen molar-refractivity contribution in [3.63, 3.8) is 0 Å². The molecule has 5 nitrogen and oxygen atoms in total. The van der Waals surface area contributed by atoms with Crippen molar-refractivity contribution in [1.29, 1.82) is 0 Å². The number of anilines is 1. The van der Waals surface area contributed by atoms with Gasteiger partial charge in [0.25, 0.3) is 0 Å². The van der Waals surface area contributed by atoms with Crippen molar-refractivity contribution < 1.29 is 9.13 Å². The van der Waals surface area contributed by atoms with Gasteiger partial charge in [0.15, 0.2) is 0 Å². The number of hydrogen-bond donors (Lipinski definition) is 1. The van der Waals surface area contributed by atoms with Crippen molar-refractivity contribution in [2.45, 2.75) is 32.7 Å². The highest BCUT2D eigenvalue weighted by molar-refractivity contribution is 5.38. The van der Waals surface area contributed by atoms with Crippen LogP contribution >= 0.6 is 0 Å². The van der Waals surface area contributed by atoms with Gasteiger partial charge in [-0.3, -0.25) is 0 Å². The van der Waals surface area contributed by atoms with Gasteiger partial charge in [-0.1, -0.05) is 6.07 Å². The zero-order valence-corrected chi connectivity index (χ0v) is 11.7. The molecule has 0 aliphatic heterocycles. The van der Waals surface area contributed by atoms with E-state index in [2.05, 4.69) is 20.5 Å². The number of aromatic nitrogens is 3. The Balaban J connectivity index is 2.20. The summed E-state index contributed by atoms with van der Waals surface area (Å²) in [5, 5.41) is 11.0. The van der Waals surface area contributed by atoms with Gasteiger partial charge in [-0.25, -0.2) is 9.37 Å². The molecular weight excluding hydrogens is 259 g/mol. The molecule has 0 radical (unpaired) electrons. The number of nitrogens with zero attached hydrogens (tertiary/aromatic N) is 3. The first-order valence-corrected chi connectivity index (χ1v) is 6.31. The molecule has 2 heterocycles. The smallest absolute Gasteiger partial charge is 0.237 e. The Morgan fingerprint density at radius 2 is 2.05 bits per heavy atom. The molecule has 2 rings (SSSR count). The molecule has 0 saturated heterocycles. The summed E-state index contributed by atoms with van der Waals surface area (Å²) in [5.41, 5.74) is 0.232. The van der Waals surface area contributed by atoms with E-state index in [0.717, 1.165) is 5.69 Å². The molecule has 2 aromatic rings. The third-order valence-corrected chi connectivity index (χ3v) is 2.66. The molecule has 20 heavy (non-hydrogen) atoms. The zero-order chi connectivity index (χ0) is 14.6. The first-order valence-electron chi connectivity index (χ1n) is 6.31. The molecule has 0 fully saturated rings. The second kappa shape index (κ2) is 5.81. The molecule has 2 aromatic heterocycles. The predicted molar refractivity (Wildman–Crippen MR) is 74.1 cm³/mol. The van der Waals surface area contributed by atoms with Gasteiger partial charge >= 0.3 is 0 Å². The average Bonchev–Trinajstić information content (AvgIpc) is 2.39. The fourth-order valence-electron chi connectivity index (χ4n) is 1.75. The number of pyridine rings is 1. The van der Waals surface area contributed by atoms with E-state index in [1.54, 1.807) is 24.4 Å². The molecule has 0 aliphatic rings. The van der Waals surface area contributed by atoms with Crippen LogP contribution in [0.3, 0.4) is 0 Å². The molecule has 0 bridgehead atoms. The van der Waals surface area contributed by atoms with Crippen LogP contribution in [0.4, 0.5) is 10.2 Å². The summed E-state index contributed by atoms with van der Waals surface area (Å²) < 4.78 is 17.8. The lowest BCUT2D eigenvalue weighted by Crippen LogP contribution is -2.29. The highest BCUT2D eigenvalue weighted by Gasteiger charge is 2.23. The molecule has 1 unspecified atom stereocenters. The van der Waals surface area contributed by atoms with Crippen molar-refractivity contribution in [2.24, 2.45) is 0 Å². The standard InChI is InChI=1S/C14H17FN4O/c1-10(15)20-13-8-4-6-11(17-13)14(2,3)18-12-7-5-9-16-19-12/h4-10H,1-3H3,(H,18,19). The first-order chi connectivity index (χ1) is 9.47. The van der Waals surface area contributed by atoms with Crippen molar-refractivity contribution in [3.05, 3.63) is 42.2 Å². The normalized spacial score (nSPS) is 12.8. The van der Waals surface area contributed by atoms with E-state index in [-0.39, 0.29) is 5.88 Å². The molecule has 0 spiro atoms. The lowest BCUT2D eigenvalue weighted by molar-refractivity contribution is 0.0805. The first kappa shape index (κ1) is 14.2. The van der Waals surface area contributed by atoms with Crippen molar-refractivity contribution in [3.8, 4) is 5.88 Å². The van der Waals surface area contributed by atoms with Gasteiger partial charge in [0.2, 0.25) is 12.2 Å². The number of alkyl halides is 1. The number of nitrogens with one attached hydrogen (secondary N) is 1. The molecular formula is C14H17FN4O. The minimum atomic E-state index is -1.39. The summed E-state index contributed by atoms with van der Waals surface area (Å²) in [6.07, 6.45) is 0.210. The van der Waals surface area contributed by atoms with Gasteiger partial charge in [-0.15, -0.1) is 5.10 Å². The Morgan fingerprint density at radius 1 is 1.25 bits per heavy atom. The van der Waals surface area contributed by atoms with Crippen molar-refractivity contribution >= 4 is 5.82 Å². The second-order valence-corrected chi connectivity index (χ2v) is 4.88. The maximum Gasteiger partial charge on any atom is 0.237 e. The van der Waals surface area contributed by atoms with E-state index in [1.807, 2.05) is 26.0 Å². The summed E-state index contributed by atoms with van der Waals surface area (Å²) in [7, 11) is 0. The molecule has 1 N–H and O–H groups in total. The maximum absolute atomic E-state index is 12.9. The van der Waals surface area contributed by atoms with Crippen molar-refractivity contribution in [2.75, 3.05) is 5.32 Å². The van der Waals surface area contributed by atoms with Crippen LogP contribution < -0.4 is 10.1 Å². The Kier molecular flexibility index (Phi) is 4.12. The van der Waals surface area contributed by atoms with E-state index in [1.165, 1.54) is 6.92 Å². The van der Waals surface area contributed by atoms with Crippen LogP contribution in [-0.2, 0) is 5.54 Å². The SMILES string of the molecule is CC(F)Oc1cccc(C(C)(C)Nc2cccnn2)n1. The number of halogens is 1. The lowest BCUT2D eigenvalue weighted by Gasteiger charge is -2.26. The third-order valence-electron chi connectivity index (χ3n) is 2.66. The monoisotopic (exact) mass is 276 g/mol. The number of hydrogen-bond acceptors (Lipinski definition) is 5. The number of rotatable bonds is 5. The Morgan fingerprint density at radius 3 is 2.70 bits per heavy atom. The molecule has 0 aromatic carbocycles. The molecule has 6 heteroatoms. The maximum atomic E-state index is 12.9. The van der Waals surface area contributed by atoms with Crippen molar-refractivity contribution in [1.82, 2.24) is 15.2 Å². The molecule has 1 atom stereocenters. The second-order valence-electron chi connectivity index (χ2n) is 4.88. The van der Waals surface area contributed by atoms with Gasteiger partial charge in [-0.05, 0) is 32.0 Å². The number of ether oxygens (including phenoxy) is 1. The van der Waals surface area contributed by atoms with E-state index in [9.17, 15) is 4.39 Å². The Labute approximate surface area is 117 Å². The largest absolute Gasteiger partial charge is 0.444 e. The fourth-order valence-corrected chi connectivity index (χ4v) is 1.75. The molecule has 106 valence electrons. The van der Waals surface area contributed by atoms with Crippen LogP contribution in [0.2, 0.25) is 0 Å². The van der Waals surface area contributed by atoms with Gasteiger partial charge in [0, 0.05) is 19.2 Å². The third kappa shape index (κ3) is 3.63. The van der Waals surface area contributed by atoms with E-state index in [0.29, 0.717) is 5.82 Å².